The summed E-state index contributed by atoms with van der Waals surface area (Å²) in [5.41, 5.74) is 0.972. The van der Waals surface area contributed by atoms with Crippen molar-refractivity contribution in [1.82, 2.24) is 4.90 Å². The van der Waals surface area contributed by atoms with Gasteiger partial charge in [-0.15, -0.1) is 0 Å². The van der Waals surface area contributed by atoms with Crippen molar-refractivity contribution >= 4 is 5.69 Å². The molecule has 0 N–H and O–H groups in total. The Balaban J connectivity index is 1.71. The molecule has 2 heterocycles. The van der Waals surface area contributed by atoms with Crippen molar-refractivity contribution in [3.8, 4) is 0 Å². The van der Waals surface area contributed by atoms with Crippen molar-refractivity contribution in [2.45, 2.75) is 12.5 Å². The van der Waals surface area contributed by atoms with Crippen LogP contribution in [0.3, 0.4) is 0 Å². The van der Waals surface area contributed by atoms with E-state index in [1.807, 2.05) is 6.07 Å². The molecule has 2 saturated heterocycles. The maximum Gasteiger partial charge on any atom is 0.125 e. The third-order valence-electron chi connectivity index (χ3n) is 4.22. The average molecular weight is 264 g/mol. The highest BCUT2D eigenvalue weighted by atomic mass is 19.1. The number of anilines is 1. The van der Waals surface area contributed by atoms with E-state index in [4.69, 9.17) is 4.74 Å². The summed E-state index contributed by atoms with van der Waals surface area (Å²) in [6, 6.07) is 6.86. The van der Waals surface area contributed by atoms with Gasteiger partial charge in [-0.2, -0.15) is 0 Å². The number of halogens is 1. The zero-order chi connectivity index (χ0) is 13.2. The van der Waals surface area contributed by atoms with Gasteiger partial charge in [-0.1, -0.05) is 6.07 Å². The van der Waals surface area contributed by atoms with Gasteiger partial charge < -0.3 is 14.5 Å². The first-order valence-electron chi connectivity index (χ1n) is 7.03. The van der Waals surface area contributed by atoms with Crippen LogP contribution in [-0.2, 0) is 4.74 Å². The van der Waals surface area contributed by atoms with E-state index in [9.17, 15) is 4.39 Å². The normalized spacial score (nSPS) is 28.8. The summed E-state index contributed by atoms with van der Waals surface area (Å²) >= 11 is 0. The number of hydrogen-bond donors (Lipinski definition) is 0. The maximum atomic E-state index is 13.3. The summed E-state index contributed by atoms with van der Waals surface area (Å²) in [7, 11) is 2.16. The molecule has 0 radical (unpaired) electrons. The molecule has 2 atom stereocenters. The lowest BCUT2D eigenvalue weighted by Crippen LogP contribution is -2.46. The molecule has 2 aliphatic rings. The largest absolute Gasteiger partial charge is 0.375 e. The molecule has 0 aliphatic carbocycles. The van der Waals surface area contributed by atoms with Gasteiger partial charge in [0.05, 0.1) is 12.7 Å². The minimum absolute atomic E-state index is 0.166. The first-order valence-corrected chi connectivity index (χ1v) is 7.03. The third-order valence-corrected chi connectivity index (χ3v) is 4.22. The van der Waals surface area contributed by atoms with Crippen molar-refractivity contribution in [2.24, 2.45) is 5.92 Å². The topological polar surface area (TPSA) is 15.7 Å². The van der Waals surface area contributed by atoms with E-state index in [0.717, 1.165) is 44.9 Å². The van der Waals surface area contributed by atoms with E-state index < -0.39 is 0 Å². The molecule has 0 unspecified atom stereocenters. The summed E-state index contributed by atoms with van der Waals surface area (Å²) in [5, 5.41) is 0. The molecule has 0 bridgehead atoms. The van der Waals surface area contributed by atoms with Gasteiger partial charge in [0.15, 0.2) is 0 Å². The van der Waals surface area contributed by atoms with Gasteiger partial charge in [0.25, 0.3) is 0 Å². The zero-order valence-corrected chi connectivity index (χ0v) is 11.4. The molecular formula is C15H21FN2O. The van der Waals surface area contributed by atoms with Gasteiger partial charge in [-0.3, -0.25) is 0 Å². The molecule has 3 rings (SSSR count). The lowest BCUT2D eigenvalue weighted by Gasteiger charge is -2.39. The molecule has 0 spiro atoms. The Morgan fingerprint density at radius 2 is 2.16 bits per heavy atom. The second-order valence-corrected chi connectivity index (χ2v) is 5.65. The van der Waals surface area contributed by atoms with Crippen LogP contribution < -0.4 is 4.90 Å². The number of benzene rings is 1. The Hall–Kier alpha value is -1.13. The molecule has 19 heavy (non-hydrogen) atoms. The summed E-state index contributed by atoms with van der Waals surface area (Å²) in [5.74, 6) is 0.443. The number of hydrogen-bond acceptors (Lipinski definition) is 3. The van der Waals surface area contributed by atoms with E-state index in [2.05, 4.69) is 16.8 Å². The molecule has 2 fully saturated rings. The number of ether oxygens (including phenoxy) is 1. The van der Waals surface area contributed by atoms with Crippen LogP contribution in [0.4, 0.5) is 10.1 Å². The van der Waals surface area contributed by atoms with Crippen molar-refractivity contribution in [2.75, 3.05) is 44.7 Å². The fraction of sp³-hybridized carbons (Fsp3) is 0.600. The van der Waals surface area contributed by atoms with E-state index >= 15 is 0 Å². The highest BCUT2D eigenvalue weighted by molar-refractivity contribution is 5.47. The van der Waals surface area contributed by atoms with E-state index in [0.29, 0.717) is 5.92 Å². The second kappa shape index (κ2) is 5.47. The molecule has 2 aliphatic heterocycles. The van der Waals surface area contributed by atoms with Crippen molar-refractivity contribution in [3.05, 3.63) is 30.1 Å². The molecule has 1 aromatic rings. The van der Waals surface area contributed by atoms with Crippen LogP contribution in [0.15, 0.2) is 24.3 Å². The van der Waals surface area contributed by atoms with Crippen LogP contribution in [0.2, 0.25) is 0 Å². The molecule has 104 valence electrons. The minimum atomic E-state index is -0.166. The van der Waals surface area contributed by atoms with Crippen molar-refractivity contribution < 1.29 is 9.13 Å². The predicted octanol–water partition coefficient (Wildman–Crippen LogP) is 1.98. The summed E-state index contributed by atoms with van der Waals surface area (Å²) in [6.07, 6.45) is 1.40. The summed E-state index contributed by atoms with van der Waals surface area (Å²) in [4.78, 5) is 4.60. The summed E-state index contributed by atoms with van der Waals surface area (Å²) < 4.78 is 19.3. The van der Waals surface area contributed by atoms with Gasteiger partial charge in [-0.25, -0.2) is 4.39 Å². The van der Waals surface area contributed by atoms with E-state index in [1.165, 1.54) is 6.07 Å². The molecule has 3 nitrogen and oxygen atoms in total. The lowest BCUT2D eigenvalue weighted by atomic mass is 9.93. The van der Waals surface area contributed by atoms with Crippen LogP contribution in [0, 0.1) is 11.7 Å². The van der Waals surface area contributed by atoms with E-state index in [-0.39, 0.29) is 11.9 Å². The van der Waals surface area contributed by atoms with E-state index in [1.54, 1.807) is 12.1 Å². The van der Waals surface area contributed by atoms with Gasteiger partial charge in [0.1, 0.15) is 5.82 Å². The Morgan fingerprint density at radius 3 is 3.00 bits per heavy atom. The maximum absolute atomic E-state index is 13.3. The number of fused-ring (bicyclic) bond motifs is 1. The van der Waals surface area contributed by atoms with Crippen LogP contribution >= 0.6 is 0 Å². The molecule has 0 aromatic heterocycles. The SMILES string of the molecule is CN1CCO[C@@H]2CN(c3cccc(F)c3)CC[C@@H]2C1. The number of likely N-dealkylation sites (N-methyl/N-ethyl adjacent to an activating group) is 1. The molecule has 1 aromatic carbocycles. The Kier molecular flexibility index (Phi) is 3.71. The molecule has 4 heteroatoms. The highest BCUT2D eigenvalue weighted by Crippen LogP contribution is 2.27. The zero-order valence-electron chi connectivity index (χ0n) is 11.4. The average Bonchev–Trinajstić information content (AvgIpc) is 2.58. The van der Waals surface area contributed by atoms with Gasteiger partial charge in [-0.05, 0) is 31.7 Å². The predicted molar refractivity (Wildman–Crippen MR) is 74.0 cm³/mol. The van der Waals surface area contributed by atoms with Crippen LogP contribution in [0.1, 0.15) is 6.42 Å². The first-order chi connectivity index (χ1) is 9.22. The molecule has 0 saturated carbocycles. The lowest BCUT2D eigenvalue weighted by molar-refractivity contribution is 0.0253. The van der Waals surface area contributed by atoms with Crippen molar-refractivity contribution in [1.29, 1.82) is 0 Å². The van der Waals surface area contributed by atoms with Crippen LogP contribution in [0.25, 0.3) is 0 Å². The Labute approximate surface area is 114 Å². The highest BCUT2D eigenvalue weighted by Gasteiger charge is 2.32. The second-order valence-electron chi connectivity index (χ2n) is 5.65. The monoisotopic (exact) mass is 264 g/mol. The first kappa shape index (κ1) is 12.9. The number of nitrogens with zero attached hydrogens (tertiary/aromatic N) is 2. The smallest absolute Gasteiger partial charge is 0.125 e. The Bertz CT molecular complexity index is 440. The minimum Gasteiger partial charge on any atom is -0.375 e. The Morgan fingerprint density at radius 1 is 1.26 bits per heavy atom. The van der Waals surface area contributed by atoms with Crippen molar-refractivity contribution in [3.63, 3.8) is 0 Å². The third kappa shape index (κ3) is 2.90. The number of rotatable bonds is 1. The molecule has 0 amide bonds. The van der Waals surface area contributed by atoms with Gasteiger partial charge >= 0.3 is 0 Å². The summed E-state index contributed by atoms with van der Waals surface area (Å²) in [6.45, 7) is 4.78. The standard InChI is InChI=1S/C15H21FN2O/c1-17-7-8-19-15-11-18(6-5-12(15)10-17)14-4-2-3-13(16)9-14/h2-4,9,12,15H,5-8,10-11H2,1H3/t12-,15-/m1/s1. The fourth-order valence-electron chi connectivity index (χ4n) is 3.12. The molecular weight excluding hydrogens is 243 g/mol. The quantitative estimate of drug-likeness (QED) is 0.771. The number of piperidine rings is 1. The van der Waals surface area contributed by atoms with Crippen LogP contribution in [-0.4, -0.2) is 50.8 Å². The van der Waals surface area contributed by atoms with Gasteiger partial charge in [0, 0.05) is 37.8 Å². The van der Waals surface area contributed by atoms with Crippen LogP contribution in [0.5, 0.6) is 0 Å². The van der Waals surface area contributed by atoms with Gasteiger partial charge in [0.2, 0.25) is 0 Å². The fourth-order valence-corrected chi connectivity index (χ4v) is 3.12.